The third-order valence-corrected chi connectivity index (χ3v) is 8.90. The lowest BCUT2D eigenvalue weighted by molar-refractivity contribution is -0.139. The summed E-state index contributed by atoms with van der Waals surface area (Å²) in [4.78, 5) is 46.8. The molecule has 3 heterocycles. The van der Waals surface area contributed by atoms with Crippen LogP contribution in [0.4, 0.5) is 9.18 Å². The fraction of sp³-hybridized carbons (Fsp3) is 0.607. The van der Waals surface area contributed by atoms with Gasteiger partial charge in [0.15, 0.2) is 0 Å². The summed E-state index contributed by atoms with van der Waals surface area (Å²) in [7, 11) is 3.10. The zero-order valence-electron chi connectivity index (χ0n) is 22.3. The highest BCUT2D eigenvalue weighted by molar-refractivity contribution is 5.91. The van der Waals surface area contributed by atoms with Crippen LogP contribution in [0.5, 0.6) is 0 Å². The van der Waals surface area contributed by atoms with E-state index < -0.39 is 18.2 Å². The van der Waals surface area contributed by atoms with E-state index in [2.05, 4.69) is 15.6 Å². The molecule has 3 fully saturated rings. The van der Waals surface area contributed by atoms with Crippen molar-refractivity contribution in [3.63, 3.8) is 0 Å². The quantitative estimate of drug-likeness (QED) is 0.535. The first-order valence-electron chi connectivity index (χ1n) is 13.7. The number of halogens is 1. The van der Waals surface area contributed by atoms with Crippen molar-refractivity contribution in [1.29, 1.82) is 0 Å². The number of nitrogens with zero attached hydrogens (tertiary/aromatic N) is 2. The molecule has 3 amide bonds. The minimum atomic E-state index is -0.609. The fourth-order valence-corrected chi connectivity index (χ4v) is 6.81. The zero-order chi connectivity index (χ0) is 27.0. The summed E-state index contributed by atoms with van der Waals surface area (Å²) in [6.45, 7) is 2.67. The number of hydrogen-bond acceptors (Lipinski definition) is 5. The average molecular weight is 528 g/mol. The number of aromatic amines is 1. The van der Waals surface area contributed by atoms with E-state index in [1.807, 2.05) is 11.1 Å². The number of fused-ring (bicyclic) bond motifs is 2. The van der Waals surface area contributed by atoms with E-state index in [-0.39, 0.29) is 41.6 Å². The Morgan fingerprint density at radius 3 is 2.61 bits per heavy atom. The van der Waals surface area contributed by atoms with Gasteiger partial charge in [-0.3, -0.25) is 9.59 Å². The molecule has 9 nitrogen and oxygen atoms in total. The summed E-state index contributed by atoms with van der Waals surface area (Å²) in [6, 6.07) is 3.15. The molecule has 0 radical (unpaired) electrons. The molecule has 1 saturated carbocycles. The van der Waals surface area contributed by atoms with Gasteiger partial charge in [-0.2, -0.15) is 0 Å². The molecule has 2 aliphatic heterocycles. The number of ether oxygens (including phenoxy) is 1. The molecule has 0 unspecified atom stereocenters. The summed E-state index contributed by atoms with van der Waals surface area (Å²) in [5.74, 6) is -0.695. The van der Waals surface area contributed by atoms with Crippen LogP contribution in [0.2, 0.25) is 0 Å². The van der Waals surface area contributed by atoms with Crippen molar-refractivity contribution in [2.24, 2.45) is 5.92 Å². The smallest absolute Gasteiger partial charge is 0.409 e. The van der Waals surface area contributed by atoms with E-state index in [0.29, 0.717) is 25.0 Å². The number of carbonyl (C=O) groups is 3. The molecule has 1 aromatic heterocycles. The van der Waals surface area contributed by atoms with Crippen molar-refractivity contribution in [2.75, 3.05) is 27.2 Å². The average Bonchev–Trinajstić information content (AvgIpc) is 3.65. The van der Waals surface area contributed by atoms with Crippen molar-refractivity contribution in [3.05, 3.63) is 35.8 Å². The maximum atomic E-state index is 14.3. The number of hydrogen-bond donors (Lipinski definition) is 3. The van der Waals surface area contributed by atoms with Crippen LogP contribution in [0.25, 0.3) is 10.9 Å². The number of amides is 3. The van der Waals surface area contributed by atoms with Gasteiger partial charge in [-0.25, -0.2) is 9.18 Å². The SMILES string of the molecule is CN[C@@H](C)C(=O)N[C@H](C(=O)N1CC[C@@H]2[C@H]1[C@@H](c1c[nH]c3cc(F)ccc13)CN2C(=O)OC)C1CCCCC1. The number of methoxy groups -OCH3 is 1. The maximum absolute atomic E-state index is 14.3. The number of benzene rings is 1. The van der Waals surface area contributed by atoms with Gasteiger partial charge in [0.2, 0.25) is 11.8 Å². The van der Waals surface area contributed by atoms with E-state index in [1.165, 1.54) is 19.2 Å². The Bertz CT molecular complexity index is 1200. The number of rotatable bonds is 6. The lowest BCUT2D eigenvalue weighted by atomic mass is 9.82. The van der Waals surface area contributed by atoms with Gasteiger partial charge in [0, 0.05) is 36.1 Å². The van der Waals surface area contributed by atoms with E-state index in [1.54, 1.807) is 24.9 Å². The Labute approximate surface area is 222 Å². The van der Waals surface area contributed by atoms with E-state index >= 15 is 0 Å². The Kier molecular flexibility index (Phi) is 7.61. The predicted octanol–water partition coefficient (Wildman–Crippen LogP) is 3.12. The molecule has 5 rings (SSSR count). The van der Waals surface area contributed by atoms with Gasteiger partial charge < -0.3 is 30.2 Å². The molecule has 206 valence electrons. The summed E-state index contributed by atoms with van der Waals surface area (Å²) in [6.07, 6.45) is 7.12. The second-order valence-corrected chi connectivity index (χ2v) is 10.9. The molecule has 2 saturated heterocycles. The first kappa shape index (κ1) is 26.5. The van der Waals surface area contributed by atoms with Crippen LogP contribution in [-0.4, -0.2) is 84.1 Å². The number of aromatic nitrogens is 1. The van der Waals surface area contributed by atoms with Gasteiger partial charge in [-0.1, -0.05) is 19.3 Å². The van der Waals surface area contributed by atoms with E-state index in [0.717, 1.165) is 43.1 Å². The lowest BCUT2D eigenvalue weighted by Crippen LogP contribution is -2.57. The van der Waals surface area contributed by atoms with Crippen LogP contribution in [-0.2, 0) is 14.3 Å². The molecule has 1 aliphatic carbocycles. The van der Waals surface area contributed by atoms with Crippen LogP contribution in [0.15, 0.2) is 24.4 Å². The van der Waals surface area contributed by atoms with Crippen molar-refractivity contribution < 1.29 is 23.5 Å². The zero-order valence-corrected chi connectivity index (χ0v) is 22.3. The van der Waals surface area contributed by atoms with Crippen molar-refractivity contribution in [1.82, 2.24) is 25.4 Å². The monoisotopic (exact) mass is 527 g/mol. The molecule has 10 heteroatoms. The second kappa shape index (κ2) is 10.9. The molecule has 3 aliphatic rings. The molecule has 0 bridgehead atoms. The molecule has 0 spiro atoms. The number of likely N-dealkylation sites (N-methyl/N-ethyl adjacent to an activating group) is 1. The molecule has 3 N–H and O–H groups in total. The van der Waals surface area contributed by atoms with Crippen molar-refractivity contribution >= 4 is 28.8 Å². The molecule has 1 aromatic carbocycles. The highest BCUT2D eigenvalue weighted by atomic mass is 19.1. The summed E-state index contributed by atoms with van der Waals surface area (Å²) >= 11 is 0. The third-order valence-electron chi connectivity index (χ3n) is 8.90. The Hall–Kier alpha value is -3.14. The minimum absolute atomic E-state index is 0.0796. The first-order chi connectivity index (χ1) is 18.3. The van der Waals surface area contributed by atoms with Crippen molar-refractivity contribution in [3.8, 4) is 0 Å². The van der Waals surface area contributed by atoms with Gasteiger partial charge in [-0.15, -0.1) is 0 Å². The molecule has 2 aromatic rings. The standard InChI is InChI=1S/C28H38FN5O4/c1-16(30-2)26(35)32-24(17-7-5-4-6-8-17)27(36)33-12-11-23-25(33)21(15-34(23)28(37)38-3)20-14-31-22-13-18(29)9-10-19(20)22/h9-10,13-14,16-17,21,23-25,30-31H,4-8,11-12,15H2,1-3H3,(H,32,35)/t16-,21+,23+,24-,25+/m0/s1. The van der Waals surface area contributed by atoms with Gasteiger partial charge in [-0.05, 0) is 62.9 Å². The molecule has 5 atom stereocenters. The normalized spacial score (nSPS) is 25.3. The molecular weight excluding hydrogens is 489 g/mol. The second-order valence-electron chi connectivity index (χ2n) is 10.9. The highest BCUT2D eigenvalue weighted by Crippen LogP contribution is 2.44. The molecular formula is C28H38FN5O4. The molecule has 38 heavy (non-hydrogen) atoms. The summed E-state index contributed by atoms with van der Waals surface area (Å²) in [5, 5.41) is 6.92. The largest absolute Gasteiger partial charge is 0.453 e. The lowest BCUT2D eigenvalue weighted by Gasteiger charge is -2.36. The number of likely N-dealkylation sites (tertiary alicyclic amines) is 2. The van der Waals surface area contributed by atoms with Crippen LogP contribution >= 0.6 is 0 Å². The number of H-pyrrole nitrogens is 1. The van der Waals surface area contributed by atoms with E-state index in [9.17, 15) is 18.8 Å². The third kappa shape index (κ3) is 4.74. The van der Waals surface area contributed by atoms with Gasteiger partial charge in [0.1, 0.15) is 11.9 Å². The van der Waals surface area contributed by atoms with E-state index in [4.69, 9.17) is 4.74 Å². The minimum Gasteiger partial charge on any atom is -0.453 e. The Balaban J connectivity index is 1.49. The first-order valence-corrected chi connectivity index (χ1v) is 13.7. The maximum Gasteiger partial charge on any atom is 0.409 e. The van der Waals surface area contributed by atoms with Gasteiger partial charge in [0.05, 0.1) is 25.2 Å². The fourth-order valence-electron chi connectivity index (χ4n) is 6.81. The summed E-state index contributed by atoms with van der Waals surface area (Å²) < 4.78 is 19.0. The van der Waals surface area contributed by atoms with Gasteiger partial charge >= 0.3 is 6.09 Å². The van der Waals surface area contributed by atoms with Crippen LogP contribution in [0, 0.1) is 11.7 Å². The van der Waals surface area contributed by atoms with Gasteiger partial charge in [0.25, 0.3) is 0 Å². The number of nitrogens with one attached hydrogen (secondary N) is 3. The Morgan fingerprint density at radius 1 is 1.13 bits per heavy atom. The van der Waals surface area contributed by atoms with Crippen LogP contribution < -0.4 is 10.6 Å². The topological polar surface area (TPSA) is 107 Å². The van der Waals surface area contributed by atoms with Crippen molar-refractivity contribution in [2.45, 2.75) is 75.5 Å². The van der Waals surface area contributed by atoms with Crippen LogP contribution in [0.3, 0.4) is 0 Å². The summed E-state index contributed by atoms with van der Waals surface area (Å²) in [5.41, 5.74) is 1.63. The Morgan fingerprint density at radius 2 is 1.89 bits per heavy atom. The predicted molar refractivity (Wildman–Crippen MR) is 141 cm³/mol. The number of carbonyl (C=O) groups excluding carboxylic acids is 3. The van der Waals surface area contributed by atoms with Crippen LogP contribution in [0.1, 0.15) is 56.9 Å². The highest BCUT2D eigenvalue weighted by Gasteiger charge is 2.54.